The smallest absolute Gasteiger partial charge is 0.348 e. The molecule has 2 aromatic heterocycles. The summed E-state index contributed by atoms with van der Waals surface area (Å²) < 4.78 is 7.58. The van der Waals surface area contributed by atoms with Crippen molar-refractivity contribution < 1.29 is 9.53 Å². The Kier molecular flexibility index (Phi) is 8.96. The highest BCUT2D eigenvalue weighted by Crippen LogP contribution is 2.21. The maximum Gasteiger partial charge on any atom is 0.348 e. The molecule has 0 aliphatic heterocycles. The zero-order chi connectivity index (χ0) is 22.1. The topological polar surface area (TPSA) is 31.2 Å². The molecule has 0 aliphatic carbocycles. The summed E-state index contributed by atoms with van der Waals surface area (Å²) in [6, 6.07) is 17.3. The maximum absolute atomic E-state index is 12.0. The molecule has 0 unspecified atom stereocenters. The first kappa shape index (κ1) is 23.3. The largest absolute Gasteiger partial charge is 0.459 e. The fourth-order valence-corrected chi connectivity index (χ4v) is 4.72. The van der Waals surface area contributed by atoms with Crippen molar-refractivity contribution in [3.8, 4) is 5.69 Å². The molecule has 1 aromatic carbocycles. The van der Waals surface area contributed by atoms with Crippen LogP contribution in [0.2, 0.25) is 0 Å². The number of nitrogens with zero attached hydrogens (tertiary/aromatic N) is 1. The van der Waals surface area contributed by atoms with E-state index in [-0.39, 0.29) is 12.1 Å². The molecular formula is C27H35NO2S. The highest BCUT2D eigenvalue weighted by Gasteiger charge is 2.12. The van der Waals surface area contributed by atoms with Gasteiger partial charge in [0, 0.05) is 22.5 Å². The molecule has 0 N–H and O–H groups in total. The van der Waals surface area contributed by atoms with Gasteiger partial charge in [-0.15, -0.1) is 11.3 Å². The number of carbonyl (C=O) groups is 1. The lowest BCUT2D eigenvalue weighted by atomic mass is 10.1. The van der Waals surface area contributed by atoms with Gasteiger partial charge in [-0.1, -0.05) is 38.3 Å². The second-order valence-corrected chi connectivity index (χ2v) is 9.59. The lowest BCUT2D eigenvalue weighted by molar-refractivity contribution is 0.0384. The number of aryl methyl sites for hydroxylation is 3. The van der Waals surface area contributed by atoms with Crippen LogP contribution in [0.3, 0.4) is 0 Å². The Hall–Kier alpha value is -2.33. The van der Waals surface area contributed by atoms with E-state index in [0.29, 0.717) is 4.88 Å². The van der Waals surface area contributed by atoms with E-state index in [0.717, 1.165) is 19.3 Å². The van der Waals surface area contributed by atoms with Gasteiger partial charge in [0.25, 0.3) is 0 Å². The number of carbonyl (C=O) groups excluding carboxylic acids is 1. The molecule has 0 radical (unpaired) electrons. The lowest BCUT2D eigenvalue weighted by Gasteiger charge is -2.10. The number of ether oxygens (including phenoxy) is 1. The van der Waals surface area contributed by atoms with E-state index >= 15 is 0 Å². The van der Waals surface area contributed by atoms with Crippen molar-refractivity contribution >= 4 is 17.3 Å². The third-order valence-corrected chi connectivity index (χ3v) is 6.55. The van der Waals surface area contributed by atoms with E-state index in [4.69, 9.17) is 4.74 Å². The van der Waals surface area contributed by atoms with Gasteiger partial charge in [0.05, 0.1) is 6.10 Å². The molecule has 0 saturated carbocycles. The third kappa shape index (κ3) is 7.10. The number of hydrogen-bond donors (Lipinski definition) is 0. The standard InChI is InChI=1S/C27H35NO2S/c1-4-5-6-7-10-22-14-16-24(17-15-22)28-20-9-12-23(28)11-8-13-25-18-19-26(31-25)27(29)30-21(2)3/h9,12,14-21H,4-8,10-11,13H2,1-3H3. The van der Waals surface area contributed by atoms with E-state index in [1.807, 2.05) is 19.9 Å². The first-order valence-corrected chi connectivity index (χ1v) is 12.4. The van der Waals surface area contributed by atoms with Gasteiger partial charge in [-0.05, 0) is 87.9 Å². The second kappa shape index (κ2) is 11.9. The summed E-state index contributed by atoms with van der Waals surface area (Å²) in [5.74, 6) is -0.214. The summed E-state index contributed by atoms with van der Waals surface area (Å²) in [5, 5.41) is 0. The zero-order valence-corrected chi connectivity index (χ0v) is 19.9. The fraction of sp³-hybridized carbons (Fsp3) is 0.444. The highest BCUT2D eigenvalue weighted by molar-refractivity contribution is 7.13. The third-order valence-electron chi connectivity index (χ3n) is 5.43. The van der Waals surface area contributed by atoms with Crippen LogP contribution in [0.15, 0.2) is 54.7 Å². The van der Waals surface area contributed by atoms with Crippen LogP contribution >= 0.6 is 11.3 Å². The first-order valence-electron chi connectivity index (χ1n) is 11.6. The number of benzene rings is 1. The van der Waals surface area contributed by atoms with Gasteiger partial charge in [0.2, 0.25) is 0 Å². The fourth-order valence-electron chi connectivity index (χ4n) is 3.79. The number of aromatic nitrogens is 1. The molecule has 166 valence electrons. The van der Waals surface area contributed by atoms with Crippen molar-refractivity contribution in [2.75, 3.05) is 0 Å². The van der Waals surface area contributed by atoms with Crippen molar-refractivity contribution in [3.63, 3.8) is 0 Å². The Bertz CT molecular complexity index is 936. The average molecular weight is 438 g/mol. The minimum absolute atomic E-state index is 0.0824. The van der Waals surface area contributed by atoms with E-state index in [1.54, 1.807) is 11.3 Å². The number of rotatable bonds is 12. The van der Waals surface area contributed by atoms with Crippen LogP contribution in [-0.4, -0.2) is 16.6 Å². The van der Waals surface area contributed by atoms with Gasteiger partial charge in [0.15, 0.2) is 0 Å². The molecule has 0 aliphatic rings. The van der Waals surface area contributed by atoms with Crippen LogP contribution in [0.25, 0.3) is 5.69 Å². The highest BCUT2D eigenvalue weighted by atomic mass is 32.1. The molecule has 3 aromatic rings. The Labute approximate surface area is 191 Å². The molecule has 0 bridgehead atoms. The van der Waals surface area contributed by atoms with Crippen LogP contribution in [0, 0.1) is 0 Å². The summed E-state index contributed by atoms with van der Waals surface area (Å²) in [5.41, 5.74) is 3.98. The van der Waals surface area contributed by atoms with Crippen molar-refractivity contribution in [3.05, 3.63) is 75.7 Å². The molecule has 0 spiro atoms. The van der Waals surface area contributed by atoms with E-state index in [2.05, 4.69) is 60.2 Å². The van der Waals surface area contributed by atoms with Crippen LogP contribution in [0.4, 0.5) is 0 Å². The van der Waals surface area contributed by atoms with Crippen molar-refractivity contribution in [2.24, 2.45) is 0 Å². The normalized spacial score (nSPS) is 11.2. The first-order chi connectivity index (χ1) is 15.1. The zero-order valence-electron chi connectivity index (χ0n) is 19.1. The van der Waals surface area contributed by atoms with Gasteiger partial charge < -0.3 is 9.30 Å². The monoisotopic (exact) mass is 437 g/mol. The van der Waals surface area contributed by atoms with Crippen molar-refractivity contribution in [2.45, 2.75) is 78.2 Å². The van der Waals surface area contributed by atoms with E-state index in [1.165, 1.54) is 53.9 Å². The molecule has 4 heteroatoms. The summed E-state index contributed by atoms with van der Waals surface area (Å²) in [6.07, 6.45) is 11.5. The van der Waals surface area contributed by atoms with Gasteiger partial charge in [-0.2, -0.15) is 0 Å². The predicted molar refractivity (Wildman–Crippen MR) is 131 cm³/mol. The van der Waals surface area contributed by atoms with E-state index < -0.39 is 0 Å². The van der Waals surface area contributed by atoms with Crippen LogP contribution in [0.5, 0.6) is 0 Å². The predicted octanol–water partition coefficient (Wildman–Crippen LogP) is 7.40. The lowest BCUT2D eigenvalue weighted by Crippen LogP contribution is -2.09. The number of hydrogen-bond acceptors (Lipinski definition) is 3. The van der Waals surface area contributed by atoms with Crippen LogP contribution in [-0.2, 0) is 24.0 Å². The molecule has 0 fully saturated rings. The Morgan fingerprint density at radius 3 is 2.48 bits per heavy atom. The summed E-state index contributed by atoms with van der Waals surface area (Å²) in [6.45, 7) is 6.01. The Morgan fingerprint density at radius 1 is 0.935 bits per heavy atom. The number of unbranched alkanes of at least 4 members (excludes halogenated alkanes) is 3. The minimum atomic E-state index is -0.214. The molecule has 31 heavy (non-hydrogen) atoms. The summed E-state index contributed by atoms with van der Waals surface area (Å²) in [7, 11) is 0. The maximum atomic E-state index is 12.0. The van der Waals surface area contributed by atoms with Crippen LogP contribution in [0.1, 0.15) is 78.7 Å². The quantitative estimate of drug-likeness (QED) is 0.218. The molecule has 3 rings (SSSR count). The SMILES string of the molecule is CCCCCCc1ccc(-n2cccc2CCCc2ccc(C(=O)OC(C)C)s2)cc1. The average Bonchev–Trinajstić information content (AvgIpc) is 3.41. The van der Waals surface area contributed by atoms with Crippen LogP contribution < -0.4 is 0 Å². The molecular weight excluding hydrogens is 402 g/mol. The molecule has 2 heterocycles. The molecule has 3 nitrogen and oxygen atoms in total. The number of esters is 1. The van der Waals surface area contributed by atoms with Gasteiger partial charge in [-0.25, -0.2) is 4.79 Å². The van der Waals surface area contributed by atoms with Gasteiger partial charge in [0.1, 0.15) is 4.88 Å². The molecule has 0 amide bonds. The Morgan fingerprint density at radius 2 is 1.74 bits per heavy atom. The van der Waals surface area contributed by atoms with E-state index in [9.17, 15) is 4.79 Å². The second-order valence-electron chi connectivity index (χ2n) is 8.42. The number of thiophene rings is 1. The molecule has 0 saturated heterocycles. The van der Waals surface area contributed by atoms with Gasteiger partial charge >= 0.3 is 5.97 Å². The minimum Gasteiger partial charge on any atom is -0.459 e. The summed E-state index contributed by atoms with van der Waals surface area (Å²) in [4.78, 5) is 14.0. The summed E-state index contributed by atoms with van der Waals surface area (Å²) >= 11 is 1.55. The Balaban J connectivity index is 1.52. The molecule has 0 atom stereocenters. The van der Waals surface area contributed by atoms with Crippen molar-refractivity contribution in [1.29, 1.82) is 0 Å². The van der Waals surface area contributed by atoms with Crippen molar-refractivity contribution in [1.82, 2.24) is 4.57 Å². The van der Waals surface area contributed by atoms with Gasteiger partial charge in [-0.3, -0.25) is 0 Å².